The van der Waals surface area contributed by atoms with Crippen molar-refractivity contribution in [2.75, 3.05) is 18.4 Å². The number of anilines is 1. The summed E-state index contributed by atoms with van der Waals surface area (Å²) in [5, 5.41) is 7.37. The minimum Gasteiger partial charge on any atom is -0.331 e. The topological polar surface area (TPSA) is 49.3 Å². The van der Waals surface area contributed by atoms with E-state index in [-0.39, 0.29) is 12.1 Å². The highest BCUT2D eigenvalue weighted by atomic mass is 32.1. The quantitative estimate of drug-likeness (QED) is 0.616. The van der Waals surface area contributed by atoms with E-state index in [4.69, 9.17) is 0 Å². The molecule has 0 saturated carbocycles. The fourth-order valence-corrected chi connectivity index (χ4v) is 5.44. The minimum absolute atomic E-state index is 0.0791. The highest BCUT2D eigenvalue weighted by Gasteiger charge is 2.28. The number of hydrogen-bond acceptors (Lipinski definition) is 3. The number of carbonyl (C=O) groups excluding carboxylic acids is 1. The Bertz CT molecular complexity index is 992. The van der Waals surface area contributed by atoms with Gasteiger partial charge in [-0.2, -0.15) is 0 Å². The first-order valence-electron chi connectivity index (χ1n) is 10.2. The average molecular weight is 409 g/mol. The molecule has 0 aliphatic carbocycles. The number of para-hydroxylation sites is 1. The predicted molar refractivity (Wildman–Crippen MR) is 120 cm³/mol. The van der Waals surface area contributed by atoms with E-state index >= 15 is 0 Å². The monoisotopic (exact) mass is 408 g/mol. The molecule has 152 valence electrons. The first-order valence-corrected chi connectivity index (χ1v) is 11.0. The van der Waals surface area contributed by atoms with Gasteiger partial charge in [-0.3, -0.25) is 4.90 Å². The standard InChI is InChI=1S/C23H28N4OS/c1-4-26-14-11-18-20(15-26)29-22(27-12-7-8-13-27)21(18)17(3)24-23(28)25-19-10-6-5-9-16(19)2/h5-10,12-13,17H,4,11,14-15H2,1-3H3,(H2,24,25,28). The van der Waals surface area contributed by atoms with Crippen LogP contribution in [0.4, 0.5) is 10.5 Å². The zero-order valence-corrected chi connectivity index (χ0v) is 18.1. The van der Waals surface area contributed by atoms with E-state index in [9.17, 15) is 4.79 Å². The van der Waals surface area contributed by atoms with Crippen LogP contribution >= 0.6 is 11.3 Å². The minimum atomic E-state index is -0.170. The lowest BCUT2D eigenvalue weighted by Gasteiger charge is -2.26. The Kier molecular flexibility index (Phi) is 5.74. The maximum atomic E-state index is 12.7. The van der Waals surface area contributed by atoms with Crippen LogP contribution in [0.25, 0.3) is 5.00 Å². The van der Waals surface area contributed by atoms with Gasteiger partial charge < -0.3 is 15.2 Å². The molecule has 5 nitrogen and oxygen atoms in total. The van der Waals surface area contributed by atoms with Crippen LogP contribution in [0.5, 0.6) is 0 Å². The van der Waals surface area contributed by atoms with Gasteiger partial charge in [0.2, 0.25) is 0 Å². The molecule has 6 heteroatoms. The van der Waals surface area contributed by atoms with Crippen LogP contribution in [0.1, 0.15) is 41.5 Å². The van der Waals surface area contributed by atoms with Gasteiger partial charge in [0.25, 0.3) is 0 Å². The zero-order valence-electron chi connectivity index (χ0n) is 17.2. The van der Waals surface area contributed by atoms with Gasteiger partial charge in [0.05, 0.1) is 6.04 Å². The van der Waals surface area contributed by atoms with Crippen molar-refractivity contribution in [1.29, 1.82) is 0 Å². The number of urea groups is 1. The van der Waals surface area contributed by atoms with E-state index in [1.165, 1.54) is 21.0 Å². The lowest BCUT2D eigenvalue weighted by Crippen LogP contribution is -2.33. The fraction of sp³-hybridized carbons (Fsp3) is 0.348. The third kappa shape index (κ3) is 4.09. The van der Waals surface area contributed by atoms with Gasteiger partial charge in [0.1, 0.15) is 5.00 Å². The second-order valence-electron chi connectivity index (χ2n) is 7.57. The maximum Gasteiger partial charge on any atom is 0.319 e. The predicted octanol–water partition coefficient (Wildman–Crippen LogP) is 5.11. The number of nitrogens with one attached hydrogen (secondary N) is 2. The molecule has 1 aliphatic rings. The maximum absolute atomic E-state index is 12.7. The Morgan fingerprint density at radius 1 is 1.21 bits per heavy atom. The van der Waals surface area contributed by atoms with Crippen molar-refractivity contribution in [2.24, 2.45) is 0 Å². The number of likely N-dealkylation sites (N-methyl/N-ethyl adjacent to an activating group) is 1. The zero-order chi connectivity index (χ0) is 20.4. The fourth-order valence-electron chi connectivity index (χ4n) is 3.98. The first kappa shape index (κ1) is 19.7. The van der Waals surface area contributed by atoms with E-state index in [0.717, 1.165) is 37.3 Å². The molecule has 1 atom stereocenters. The number of rotatable bonds is 5. The van der Waals surface area contributed by atoms with Gasteiger partial charge in [-0.1, -0.05) is 25.1 Å². The SMILES string of the molecule is CCN1CCc2c(sc(-n3cccc3)c2C(C)NC(=O)Nc2ccccc2C)C1. The number of carbonyl (C=O) groups is 1. The van der Waals surface area contributed by atoms with E-state index < -0.39 is 0 Å². The molecule has 0 bridgehead atoms. The molecule has 2 aromatic heterocycles. The molecule has 1 aromatic carbocycles. The van der Waals surface area contributed by atoms with E-state index in [1.54, 1.807) is 0 Å². The summed E-state index contributed by atoms with van der Waals surface area (Å²) in [5.74, 6) is 0. The highest BCUT2D eigenvalue weighted by Crippen LogP contribution is 2.39. The third-order valence-corrected chi connectivity index (χ3v) is 6.86. The van der Waals surface area contributed by atoms with Crippen molar-refractivity contribution in [2.45, 2.75) is 39.8 Å². The van der Waals surface area contributed by atoms with Crippen LogP contribution in [0, 0.1) is 6.92 Å². The van der Waals surface area contributed by atoms with E-state index in [2.05, 4.69) is 46.3 Å². The molecule has 0 saturated heterocycles. The normalized spacial score (nSPS) is 15.0. The van der Waals surface area contributed by atoms with E-state index in [1.807, 2.05) is 54.7 Å². The number of aryl methyl sites for hydroxylation is 1. The van der Waals surface area contributed by atoms with Crippen molar-refractivity contribution >= 4 is 23.1 Å². The average Bonchev–Trinajstić information content (AvgIpc) is 3.36. The highest BCUT2D eigenvalue weighted by molar-refractivity contribution is 7.15. The molecule has 0 spiro atoms. The Labute approximate surface area is 176 Å². The molecule has 2 amide bonds. The van der Waals surface area contributed by atoms with Crippen LogP contribution in [0.2, 0.25) is 0 Å². The lowest BCUT2D eigenvalue weighted by atomic mass is 9.98. The molecule has 1 unspecified atom stereocenters. The largest absolute Gasteiger partial charge is 0.331 e. The number of hydrogen-bond donors (Lipinski definition) is 2. The number of aromatic nitrogens is 1. The van der Waals surface area contributed by atoms with Gasteiger partial charge in [-0.25, -0.2) is 4.79 Å². The second kappa shape index (κ2) is 8.43. The van der Waals surface area contributed by atoms with Gasteiger partial charge >= 0.3 is 6.03 Å². The number of amides is 2. The Balaban J connectivity index is 1.60. The second-order valence-corrected chi connectivity index (χ2v) is 8.65. The molecule has 0 fully saturated rings. The summed E-state index contributed by atoms with van der Waals surface area (Å²) in [4.78, 5) is 16.6. The summed E-state index contributed by atoms with van der Waals surface area (Å²) in [6.45, 7) is 9.43. The van der Waals surface area contributed by atoms with Gasteiger partial charge in [0.15, 0.2) is 0 Å². The van der Waals surface area contributed by atoms with Crippen LogP contribution < -0.4 is 10.6 Å². The Morgan fingerprint density at radius 3 is 2.69 bits per heavy atom. The summed E-state index contributed by atoms with van der Waals surface area (Å²) < 4.78 is 2.17. The summed E-state index contributed by atoms with van der Waals surface area (Å²) >= 11 is 1.85. The Morgan fingerprint density at radius 2 is 1.97 bits per heavy atom. The smallest absolute Gasteiger partial charge is 0.319 e. The van der Waals surface area contributed by atoms with Gasteiger partial charge in [0, 0.05) is 41.6 Å². The molecule has 3 heterocycles. The number of fused-ring (bicyclic) bond motifs is 1. The number of thiophene rings is 1. The van der Waals surface area contributed by atoms with Crippen LogP contribution in [-0.4, -0.2) is 28.6 Å². The van der Waals surface area contributed by atoms with Crippen molar-refractivity contribution in [3.8, 4) is 5.00 Å². The van der Waals surface area contributed by atoms with E-state index in [0.29, 0.717) is 0 Å². The van der Waals surface area contributed by atoms with Gasteiger partial charge in [-0.15, -0.1) is 11.3 Å². The lowest BCUT2D eigenvalue weighted by molar-refractivity contribution is 0.249. The third-order valence-electron chi connectivity index (χ3n) is 5.62. The summed E-state index contributed by atoms with van der Waals surface area (Å²) in [6.07, 6.45) is 5.19. The molecule has 3 aromatic rings. The molecular formula is C23H28N4OS. The van der Waals surface area contributed by atoms with Gasteiger partial charge in [-0.05, 0) is 56.1 Å². The molecular weight excluding hydrogens is 380 g/mol. The van der Waals surface area contributed by atoms with Crippen LogP contribution in [0.15, 0.2) is 48.8 Å². The van der Waals surface area contributed by atoms with Crippen molar-refractivity contribution in [3.05, 3.63) is 70.4 Å². The molecule has 1 aliphatic heterocycles. The van der Waals surface area contributed by atoms with Crippen molar-refractivity contribution in [1.82, 2.24) is 14.8 Å². The molecule has 4 rings (SSSR count). The number of benzene rings is 1. The summed E-state index contributed by atoms with van der Waals surface area (Å²) in [6, 6.07) is 11.7. The molecule has 29 heavy (non-hydrogen) atoms. The summed E-state index contributed by atoms with van der Waals surface area (Å²) in [7, 11) is 0. The molecule has 0 radical (unpaired) electrons. The van der Waals surface area contributed by atoms with Crippen molar-refractivity contribution in [3.63, 3.8) is 0 Å². The Hall–Kier alpha value is -2.57. The van der Waals surface area contributed by atoms with Crippen LogP contribution in [0.3, 0.4) is 0 Å². The molecule has 2 N–H and O–H groups in total. The number of nitrogens with zero attached hydrogens (tertiary/aromatic N) is 2. The van der Waals surface area contributed by atoms with Crippen LogP contribution in [-0.2, 0) is 13.0 Å². The first-order chi connectivity index (χ1) is 14.1. The summed E-state index contributed by atoms with van der Waals surface area (Å²) in [5.41, 5.74) is 4.55. The van der Waals surface area contributed by atoms with Crippen molar-refractivity contribution < 1.29 is 4.79 Å².